The van der Waals surface area contributed by atoms with Crippen LogP contribution in [0, 0.1) is 11.8 Å². The predicted molar refractivity (Wildman–Crippen MR) is 109 cm³/mol. The molecule has 0 aromatic carbocycles. The Morgan fingerprint density at radius 2 is 1.90 bits per heavy atom. The fourth-order valence-electron chi connectivity index (χ4n) is 4.39. The zero-order valence-electron chi connectivity index (χ0n) is 17.9. The summed E-state index contributed by atoms with van der Waals surface area (Å²) in [5, 5.41) is 0. The minimum absolute atomic E-state index is 0.0971. The first-order valence-corrected chi connectivity index (χ1v) is 10.8. The van der Waals surface area contributed by atoms with Crippen molar-refractivity contribution in [3.63, 3.8) is 0 Å². The van der Waals surface area contributed by atoms with Crippen molar-refractivity contribution in [2.75, 3.05) is 51.7 Å². The zero-order valence-corrected chi connectivity index (χ0v) is 17.9. The molecule has 6 nitrogen and oxygen atoms in total. The van der Waals surface area contributed by atoms with Crippen molar-refractivity contribution in [3.05, 3.63) is 18.0 Å². The number of anilines is 1. The Bertz CT molecular complexity index is 706. The fourth-order valence-corrected chi connectivity index (χ4v) is 4.39. The SMILES string of the molecule is CN1CCCN(C(=O)C2CCC(CCN(C)c3nccc(C(F)(F)F)n3)CC2)CC1. The van der Waals surface area contributed by atoms with E-state index < -0.39 is 11.9 Å². The van der Waals surface area contributed by atoms with E-state index in [9.17, 15) is 18.0 Å². The Labute approximate surface area is 176 Å². The Morgan fingerprint density at radius 1 is 1.17 bits per heavy atom. The molecule has 0 bridgehead atoms. The van der Waals surface area contributed by atoms with Crippen LogP contribution in [0.3, 0.4) is 0 Å². The third kappa shape index (κ3) is 6.06. The molecule has 2 aliphatic rings. The number of nitrogens with zero attached hydrogens (tertiary/aromatic N) is 5. The van der Waals surface area contributed by atoms with Gasteiger partial charge >= 0.3 is 6.18 Å². The lowest BCUT2D eigenvalue weighted by Gasteiger charge is -2.32. The van der Waals surface area contributed by atoms with E-state index in [-0.39, 0.29) is 11.9 Å². The Morgan fingerprint density at radius 3 is 2.60 bits per heavy atom. The highest BCUT2D eigenvalue weighted by Gasteiger charge is 2.33. The summed E-state index contributed by atoms with van der Waals surface area (Å²) in [5.41, 5.74) is -0.918. The lowest BCUT2D eigenvalue weighted by Crippen LogP contribution is -2.40. The van der Waals surface area contributed by atoms with Crippen molar-refractivity contribution < 1.29 is 18.0 Å². The molecule has 30 heavy (non-hydrogen) atoms. The summed E-state index contributed by atoms with van der Waals surface area (Å²) >= 11 is 0. The topological polar surface area (TPSA) is 52.6 Å². The van der Waals surface area contributed by atoms with Gasteiger partial charge in [-0.2, -0.15) is 13.2 Å². The molecule has 1 aromatic rings. The third-order valence-electron chi connectivity index (χ3n) is 6.37. The van der Waals surface area contributed by atoms with Gasteiger partial charge in [0.25, 0.3) is 0 Å². The zero-order chi connectivity index (χ0) is 21.7. The average molecular weight is 428 g/mol. The number of carbonyl (C=O) groups is 1. The second kappa shape index (κ2) is 9.94. The van der Waals surface area contributed by atoms with Crippen LogP contribution in [0.1, 0.15) is 44.2 Å². The minimum atomic E-state index is -4.47. The van der Waals surface area contributed by atoms with E-state index in [1.165, 1.54) is 0 Å². The van der Waals surface area contributed by atoms with Crippen molar-refractivity contribution in [2.45, 2.75) is 44.7 Å². The number of hydrogen-bond acceptors (Lipinski definition) is 5. The molecule has 1 saturated carbocycles. The van der Waals surface area contributed by atoms with Crippen LogP contribution >= 0.6 is 0 Å². The molecular weight excluding hydrogens is 395 g/mol. The molecule has 0 N–H and O–H groups in total. The van der Waals surface area contributed by atoms with Crippen LogP contribution in [0.15, 0.2) is 12.3 Å². The van der Waals surface area contributed by atoms with E-state index in [4.69, 9.17) is 0 Å². The number of aromatic nitrogens is 2. The lowest BCUT2D eigenvalue weighted by atomic mass is 9.80. The van der Waals surface area contributed by atoms with E-state index in [0.29, 0.717) is 18.4 Å². The molecule has 1 aromatic heterocycles. The molecule has 0 radical (unpaired) electrons. The average Bonchev–Trinajstić information content (AvgIpc) is 2.96. The molecule has 0 atom stereocenters. The van der Waals surface area contributed by atoms with Crippen molar-refractivity contribution in [1.82, 2.24) is 19.8 Å². The van der Waals surface area contributed by atoms with Gasteiger partial charge in [0.05, 0.1) is 0 Å². The maximum absolute atomic E-state index is 12.9. The Balaban J connectivity index is 1.44. The first-order chi connectivity index (χ1) is 14.2. The van der Waals surface area contributed by atoms with Gasteiger partial charge in [0.1, 0.15) is 5.69 Å². The Hall–Kier alpha value is -1.90. The molecular formula is C21H32F3N5O. The molecule has 2 fully saturated rings. The molecule has 1 amide bonds. The van der Waals surface area contributed by atoms with Gasteiger partial charge in [-0.15, -0.1) is 0 Å². The van der Waals surface area contributed by atoms with Crippen LogP contribution in [0.25, 0.3) is 0 Å². The van der Waals surface area contributed by atoms with Gasteiger partial charge in [-0.05, 0) is 64.1 Å². The second-order valence-corrected chi connectivity index (χ2v) is 8.65. The van der Waals surface area contributed by atoms with Gasteiger partial charge in [0.2, 0.25) is 11.9 Å². The maximum Gasteiger partial charge on any atom is 0.433 e. The summed E-state index contributed by atoms with van der Waals surface area (Å²) in [6.07, 6.45) is 2.36. The van der Waals surface area contributed by atoms with Crippen molar-refractivity contribution >= 4 is 11.9 Å². The first kappa shape index (κ1) is 22.8. The predicted octanol–water partition coefficient (Wildman–Crippen LogP) is 3.29. The highest BCUT2D eigenvalue weighted by Crippen LogP contribution is 2.33. The number of hydrogen-bond donors (Lipinski definition) is 0. The van der Waals surface area contributed by atoms with E-state index >= 15 is 0 Å². The van der Waals surface area contributed by atoms with Crippen LogP contribution in [0.4, 0.5) is 19.1 Å². The monoisotopic (exact) mass is 427 g/mol. The standard InChI is InChI=1S/C21H32F3N5O/c1-27-11-3-12-29(15-14-27)19(30)17-6-4-16(5-7-17)9-13-28(2)20-25-10-8-18(26-20)21(22,23)24/h8,10,16-17H,3-7,9,11-15H2,1-2H3. The molecule has 2 heterocycles. The number of rotatable bonds is 5. The van der Waals surface area contributed by atoms with Gasteiger partial charge in [0.15, 0.2) is 0 Å². The second-order valence-electron chi connectivity index (χ2n) is 8.65. The number of amides is 1. The van der Waals surface area contributed by atoms with E-state index in [1.807, 2.05) is 4.90 Å². The quantitative estimate of drug-likeness (QED) is 0.722. The summed E-state index contributed by atoms with van der Waals surface area (Å²) < 4.78 is 38.5. The van der Waals surface area contributed by atoms with Gasteiger partial charge in [-0.25, -0.2) is 9.97 Å². The van der Waals surface area contributed by atoms with Crippen molar-refractivity contribution in [1.29, 1.82) is 0 Å². The van der Waals surface area contributed by atoms with E-state index in [1.54, 1.807) is 11.9 Å². The Kier molecular flexibility index (Phi) is 7.55. The summed E-state index contributed by atoms with van der Waals surface area (Å²) in [4.78, 5) is 26.5. The molecule has 0 unspecified atom stereocenters. The van der Waals surface area contributed by atoms with Crippen LogP contribution in [0.2, 0.25) is 0 Å². The number of likely N-dealkylation sites (N-methyl/N-ethyl adjacent to an activating group) is 1. The number of carbonyl (C=O) groups excluding carboxylic acids is 1. The third-order valence-corrected chi connectivity index (χ3v) is 6.37. The summed E-state index contributed by atoms with van der Waals surface area (Å²) in [7, 11) is 3.82. The van der Waals surface area contributed by atoms with Gasteiger partial charge < -0.3 is 14.7 Å². The minimum Gasteiger partial charge on any atom is -0.344 e. The lowest BCUT2D eigenvalue weighted by molar-refractivity contribution is -0.141. The molecule has 1 aliphatic heterocycles. The van der Waals surface area contributed by atoms with Crippen molar-refractivity contribution in [2.24, 2.45) is 11.8 Å². The summed E-state index contributed by atoms with van der Waals surface area (Å²) in [5.74, 6) is 1.00. The first-order valence-electron chi connectivity index (χ1n) is 10.8. The van der Waals surface area contributed by atoms with E-state index in [2.05, 4.69) is 21.9 Å². The molecule has 168 valence electrons. The maximum atomic E-state index is 12.9. The summed E-state index contributed by atoms with van der Waals surface area (Å²) in [6, 6.07) is 0.887. The van der Waals surface area contributed by atoms with Gasteiger partial charge in [-0.3, -0.25) is 4.79 Å². The largest absolute Gasteiger partial charge is 0.433 e. The van der Waals surface area contributed by atoms with E-state index in [0.717, 1.165) is 77.0 Å². The number of halogens is 3. The van der Waals surface area contributed by atoms with Crippen LogP contribution in [-0.2, 0) is 11.0 Å². The number of alkyl halides is 3. The molecule has 1 saturated heterocycles. The molecule has 0 spiro atoms. The van der Waals surface area contributed by atoms with Gasteiger partial charge in [0, 0.05) is 45.3 Å². The molecule has 1 aliphatic carbocycles. The van der Waals surface area contributed by atoms with Gasteiger partial charge in [-0.1, -0.05) is 0 Å². The van der Waals surface area contributed by atoms with Crippen molar-refractivity contribution in [3.8, 4) is 0 Å². The van der Waals surface area contributed by atoms with Crippen LogP contribution in [-0.4, -0.2) is 72.5 Å². The molecule has 9 heteroatoms. The highest BCUT2D eigenvalue weighted by atomic mass is 19.4. The summed E-state index contributed by atoms with van der Waals surface area (Å²) in [6.45, 7) is 4.25. The normalized spacial score (nSPS) is 23.8. The smallest absolute Gasteiger partial charge is 0.344 e. The fraction of sp³-hybridized carbons (Fsp3) is 0.762. The van der Waals surface area contributed by atoms with Crippen LogP contribution < -0.4 is 4.90 Å². The molecule has 3 rings (SSSR count). The highest BCUT2D eigenvalue weighted by molar-refractivity contribution is 5.79. The van der Waals surface area contributed by atoms with Crippen LogP contribution in [0.5, 0.6) is 0 Å².